The fourth-order valence-corrected chi connectivity index (χ4v) is 3.40. The zero-order valence-corrected chi connectivity index (χ0v) is 12.8. The van der Waals surface area contributed by atoms with Gasteiger partial charge in [0, 0.05) is 9.35 Å². The molecule has 0 amide bonds. The van der Waals surface area contributed by atoms with Gasteiger partial charge in [-0.3, -0.25) is 0 Å². The average molecular weight is 331 g/mol. The molecular formula is C13H13BrClNS. The Bertz CT molecular complexity index is 531. The number of halogens is 2. The van der Waals surface area contributed by atoms with Gasteiger partial charge < -0.3 is 5.73 Å². The average Bonchev–Trinajstić information content (AvgIpc) is 2.62. The van der Waals surface area contributed by atoms with Crippen LogP contribution in [0.1, 0.15) is 27.6 Å². The molecule has 17 heavy (non-hydrogen) atoms. The second kappa shape index (κ2) is 5.11. The zero-order chi connectivity index (χ0) is 12.6. The number of nitrogens with two attached hydrogens (primary N) is 1. The highest BCUT2D eigenvalue weighted by molar-refractivity contribution is 9.10. The smallest absolute Gasteiger partial charge is 0.107 e. The number of hydrogen-bond donors (Lipinski definition) is 1. The van der Waals surface area contributed by atoms with Gasteiger partial charge in [-0.2, -0.15) is 0 Å². The Morgan fingerprint density at radius 1 is 1.24 bits per heavy atom. The van der Waals surface area contributed by atoms with Crippen LogP contribution in [0.15, 0.2) is 28.7 Å². The van der Waals surface area contributed by atoms with E-state index in [4.69, 9.17) is 17.3 Å². The standard InChI is InChI=1S/C13H13BrClNS/c1-7-3-4-9(5-8(7)2)12(16)11-6-10(14)13(15)17-11/h3-6,12H,16H2,1-2H3. The maximum atomic E-state index is 6.25. The van der Waals surface area contributed by atoms with E-state index in [0.29, 0.717) is 0 Å². The first-order valence-electron chi connectivity index (χ1n) is 5.26. The number of aryl methyl sites for hydroxylation is 2. The summed E-state index contributed by atoms with van der Waals surface area (Å²) in [6.07, 6.45) is 0. The Labute approximate surface area is 119 Å². The first-order valence-corrected chi connectivity index (χ1v) is 7.25. The van der Waals surface area contributed by atoms with E-state index in [0.717, 1.165) is 19.2 Å². The van der Waals surface area contributed by atoms with Crippen molar-refractivity contribution in [2.45, 2.75) is 19.9 Å². The molecule has 0 saturated carbocycles. The van der Waals surface area contributed by atoms with Gasteiger partial charge in [-0.05, 0) is 52.5 Å². The molecule has 2 aromatic rings. The third kappa shape index (κ3) is 2.74. The Hall–Kier alpha value is -0.350. The Kier molecular flexibility index (Phi) is 3.93. The van der Waals surface area contributed by atoms with Gasteiger partial charge in [0.05, 0.1) is 6.04 Å². The quantitative estimate of drug-likeness (QED) is 0.838. The second-order valence-corrected chi connectivity index (χ2v) is 6.63. The molecule has 4 heteroatoms. The summed E-state index contributed by atoms with van der Waals surface area (Å²) >= 11 is 11.0. The minimum Gasteiger partial charge on any atom is -0.320 e. The summed E-state index contributed by atoms with van der Waals surface area (Å²) in [5.74, 6) is 0. The first kappa shape index (κ1) is 13.1. The SMILES string of the molecule is Cc1ccc(C(N)c2cc(Br)c(Cl)s2)cc1C. The summed E-state index contributed by atoms with van der Waals surface area (Å²) in [5.41, 5.74) is 9.92. The lowest BCUT2D eigenvalue weighted by Gasteiger charge is -2.11. The number of benzene rings is 1. The molecule has 0 aliphatic carbocycles. The summed E-state index contributed by atoms with van der Waals surface area (Å²) in [6.45, 7) is 4.20. The third-order valence-electron chi connectivity index (χ3n) is 2.86. The molecule has 1 unspecified atom stereocenters. The van der Waals surface area contributed by atoms with Crippen molar-refractivity contribution < 1.29 is 0 Å². The van der Waals surface area contributed by atoms with E-state index in [1.807, 2.05) is 6.07 Å². The molecule has 1 heterocycles. The van der Waals surface area contributed by atoms with Crippen LogP contribution in [-0.2, 0) is 0 Å². The van der Waals surface area contributed by atoms with Gasteiger partial charge in [0.1, 0.15) is 4.34 Å². The van der Waals surface area contributed by atoms with Crippen LogP contribution in [0.3, 0.4) is 0 Å². The number of thiophene rings is 1. The lowest BCUT2D eigenvalue weighted by molar-refractivity contribution is 0.890. The van der Waals surface area contributed by atoms with E-state index in [1.54, 1.807) is 0 Å². The maximum absolute atomic E-state index is 6.25. The summed E-state index contributed by atoms with van der Waals surface area (Å²) in [4.78, 5) is 1.07. The van der Waals surface area contributed by atoms with Gasteiger partial charge in [0.15, 0.2) is 0 Å². The molecule has 1 aromatic carbocycles. The topological polar surface area (TPSA) is 26.0 Å². The van der Waals surface area contributed by atoms with Crippen LogP contribution in [0, 0.1) is 13.8 Å². The van der Waals surface area contributed by atoms with Crippen molar-refractivity contribution in [3.05, 3.63) is 54.6 Å². The Morgan fingerprint density at radius 2 is 1.94 bits per heavy atom. The minimum atomic E-state index is -0.108. The first-order chi connectivity index (χ1) is 7.99. The fourth-order valence-electron chi connectivity index (χ4n) is 1.64. The van der Waals surface area contributed by atoms with Crippen LogP contribution in [0.25, 0.3) is 0 Å². The molecule has 0 fully saturated rings. The van der Waals surface area contributed by atoms with Crippen molar-refractivity contribution in [1.29, 1.82) is 0 Å². The molecule has 0 aliphatic heterocycles. The molecule has 0 aliphatic rings. The van der Waals surface area contributed by atoms with E-state index in [2.05, 4.69) is 48.0 Å². The van der Waals surface area contributed by atoms with Gasteiger partial charge in [0.25, 0.3) is 0 Å². The molecule has 0 bridgehead atoms. The molecule has 0 saturated heterocycles. The summed E-state index contributed by atoms with van der Waals surface area (Å²) < 4.78 is 1.66. The Morgan fingerprint density at radius 3 is 2.47 bits per heavy atom. The molecule has 0 spiro atoms. The molecule has 1 nitrogen and oxygen atoms in total. The van der Waals surface area contributed by atoms with Crippen molar-refractivity contribution >= 4 is 38.9 Å². The van der Waals surface area contributed by atoms with Crippen LogP contribution >= 0.6 is 38.9 Å². The zero-order valence-electron chi connectivity index (χ0n) is 9.63. The van der Waals surface area contributed by atoms with Gasteiger partial charge in [-0.15, -0.1) is 11.3 Å². The molecule has 2 rings (SSSR count). The maximum Gasteiger partial charge on any atom is 0.107 e. The molecule has 90 valence electrons. The minimum absolute atomic E-state index is 0.108. The van der Waals surface area contributed by atoms with Gasteiger partial charge in [-0.25, -0.2) is 0 Å². The number of rotatable bonds is 2. The predicted molar refractivity (Wildman–Crippen MR) is 79.0 cm³/mol. The van der Waals surface area contributed by atoms with Crippen molar-refractivity contribution in [1.82, 2.24) is 0 Å². The van der Waals surface area contributed by atoms with Gasteiger partial charge in [0.2, 0.25) is 0 Å². The third-order valence-corrected chi connectivity index (χ3v) is 5.42. The fraction of sp³-hybridized carbons (Fsp3) is 0.231. The molecular weight excluding hydrogens is 318 g/mol. The number of hydrogen-bond acceptors (Lipinski definition) is 2. The van der Waals surface area contributed by atoms with Crippen LogP contribution in [-0.4, -0.2) is 0 Å². The van der Waals surface area contributed by atoms with E-state index in [9.17, 15) is 0 Å². The molecule has 1 aromatic heterocycles. The van der Waals surface area contributed by atoms with E-state index in [1.165, 1.54) is 22.5 Å². The predicted octanol–water partition coefficient (Wildman–Crippen LogP) is 4.83. The highest BCUT2D eigenvalue weighted by Crippen LogP contribution is 2.36. The Balaban J connectivity index is 2.36. The van der Waals surface area contributed by atoms with Gasteiger partial charge >= 0.3 is 0 Å². The van der Waals surface area contributed by atoms with Crippen LogP contribution in [0.5, 0.6) is 0 Å². The second-order valence-electron chi connectivity index (χ2n) is 4.09. The highest BCUT2D eigenvalue weighted by atomic mass is 79.9. The largest absolute Gasteiger partial charge is 0.320 e. The van der Waals surface area contributed by atoms with Crippen LogP contribution in [0.2, 0.25) is 4.34 Å². The lowest BCUT2D eigenvalue weighted by atomic mass is 10.0. The van der Waals surface area contributed by atoms with Gasteiger partial charge in [-0.1, -0.05) is 29.8 Å². The normalized spacial score (nSPS) is 12.8. The van der Waals surface area contributed by atoms with Crippen LogP contribution in [0.4, 0.5) is 0 Å². The molecule has 1 atom stereocenters. The van der Waals surface area contributed by atoms with Crippen LogP contribution < -0.4 is 5.73 Å². The van der Waals surface area contributed by atoms with Crippen molar-refractivity contribution in [2.24, 2.45) is 5.73 Å². The van der Waals surface area contributed by atoms with E-state index >= 15 is 0 Å². The summed E-state index contributed by atoms with van der Waals surface area (Å²) in [6, 6.07) is 8.21. The molecule has 0 radical (unpaired) electrons. The van der Waals surface area contributed by atoms with E-state index in [-0.39, 0.29) is 6.04 Å². The molecule has 2 N–H and O–H groups in total. The van der Waals surface area contributed by atoms with Crippen molar-refractivity contribution in [3.8, 4) is 0 Å². The summed E-state index contributed by atoms with van der Waals surface area (Å²) in [7, 11) is 0. The van der Waals surface area contributed by atoms with Crippen molar-refractivity contribution in [3.63, 3.8) is 0 Å². The lowest BCUT2D eigenvalue weighted by Crippen LogP contribution is -2.10. The van der Waals surface area contributed by atoms with Crippen molar-refractivity contribution in [2.75, 3.05) is 0 Å². The highest BCUT2D eigenvalue weighted by Gasteiger charge is 2.14. The van der Waals surface area contributed by atoms with E-state index < -0.39 is 0 Å². The monoisotopic (exact) mass is 329 g/mol. The summed E-state index contributed by atoms with van der Waals surface area (Å²) in [5, 5.41) is 0.